The Balaban J connectivity index is 1.74. The van der Waals surface area contributed by atoms with Gasteiger partial charge in [0.05, 0.1) is 25.6 Å². The number of aromatic nitrogens is 2. The molecule has 0 saturated carbocycles. The maximum atomic E-state index is 12.9. The van der Waals surface area contributed by atoms with Crippen LogP contribution in [-0.4, -0.2) is 29.9 Å². The summed E-state index contributed by atoms with van der Waals surface area (Å²) in [5.74, 6) is 1.10. The van der Waals surface area contributed by atoms with Crippen LogP contribution in [0.5, 0.6) is 11.5 Å². The number of aryl methyl sites for hydroxylation is 1. The molecule has 2 aromatic carbocycles. The first-order valence-electron chi connectivity index (χ1n) is 8.40. The van der Waals surface area contributed by atoms with Gasteiger partial charge in [0.25, 0.3) is 5.91 Å². The van der Waals surface area contributed by atoms with Gasteiger partial charge in [0.2, 0.25) is 0 Å². The molecule has 27 heavy (non-hydrogen) atoms. The fourth-order valence-corrected chi connectivity index (χ4v) is 3.86. The molecule has 1 amide bonds. The highest BCUT2D eigenvalue weighted by Crippen LogP contribution is 2.43. The summed E-state index contributed by atoms with van der Waals surface area (Å²) in [6.07, 6.45) is 0.623. The monoisotopic (exact) mass is 427 g/mol. The average molecular weight is 428 g/mol. The predicted molar refractivity (Wildman–Crippen MR) is 107 cm³/mol. The van der Waals surface area contributed by atoms with E-state index >= 15 is 0 Å². The van der Waals surface area contributed by atoms with Crippen LogP contribution >= 0.6 is 15.9 Å². The zero-order valence-electron chi connectivity index (χ0n) is 15.2. The van der Waals surface area contributed by atoms with E-state index in [2.05, 4.69) is 26.3 Å². The first kappa shape index (κ1) is 17.6. The molecule has 0 fully saturated rings. The van der Waals surface area contributed by atoms with Gasteiger partial charge in [-0.2, -0.15) is 5.10 Å². The average Bonchev–Trinajstić information content (AvgIpc) is 3.19. The first-order chi connectivity index (χ1) is 13.0. The Morgan fingerprint density at radius 1 is 1.19 bits per heavy atom. The van der Waals surface area contributed by atoms with Crippen LogP contribution in [0.15, 0.2) is 40.9 Å². The summed E-state index contributed by atoms with van der Waals surface area (Å²) >= 11 is 3.45. The number of halogens is 1. The molecule has 0 atom stereocenters. The van der Waals surface area contributed by atoms with E-state index in [1.807, 2.05) is 43.4 Å². The van der Waals surface area contributed by atoms with Gasteiger partial charge in [0.1, 0.15) is 0 Å². The van der Waals surface area contributed by atoms with Crippen molar-refractivity contribution < 1.29 is 14.3 Å². The number of hydrogen-bond donors (Lipinski definition) is 1. The van der Waals surface area contributed by atoms with Crippen molar-refractivity contribution in [2.75, 3.05) is 19.5 Å². The van der Waals surface area contributed by atoms with Crippen molar-refractivity contribution in [1.29, 1.82) is 0 Å². The zero-order chi connectivity index (χ0) is 19.1. The SMILES string of the molecule is COc1cc2c(cc1OC)-c1c(c(C(=O)Nc3ccccc3Br)nn1C)C2. The zero-order valence-corrected chi connectivity index (χ0v) is 16.8. The maximum Gasteiger partial charge on any atom is 0.276 e. The smallest absolute Gasteiger partial charge is 0.276 e. The number of carbonyl (C=O) groups excluding carboxylic acids is 1. The number of carbonyl (C=O) groups is 1. The minimum absolute atomic E-state index is 0.231. The largest absolute Gasteiger partial charge is 0.493 e. The fourth-order valence-electron chi connectivity index (χ4n) is 3.48. The summed E-state index contributed by atoms with van der Waals surface area (Å²) < 4.78 is 13.4. The van der Waals surface area contributed by atoms with Gasteiger partial charge in [-0.15, -0.1) is 0 Å². The number of amides is 1. The standard InChI is InChI=1S/C20H18BrN3O3/c1-24-19-12-10-17(27-3)16(26-2)9-11(12)8-13(19)18(23-24)20(25)22-15-7-5-4-6-14(15)21/h4-7,9-10H,8H2,1-3H3,(H,22,25). The lowest BCUT2D eigenvalue weighted by atomic mass is 10.1. The molecule has 1 N–H and O–H groups in total. The normalized spacial score (nSPS) is 11.7. The molecule has 7 heteroatoms. The van der Waals surface area contributed by atoms with Gasteiger partial charge in [-0.25, -0.2) is 0 Å². The molecule has 0 unspecified atom stereocenters. The number of benzene rings is 2. The van der Waals surface area contributed by atoms with E-state index in [1.165, 1.54) is 0 Å². The molecule has 0 spiro atoms. The van der Waals surface area contributed by atoms with E-state index in [0.29, 0.717) is 29.3 Å². The lowest BCUT2D eigenvalue weighted by Gasteiger charge is -2.11. The second-order valence-corrected chi connectivity index (χ2v) is 7.13. The van der Waals surface area contributed by atoms with Crippen molar-refractivity contribution in [2.45, 2.75) is 6.42 Å². The van der Waals surface area contributed by atoms with Gasteiger partial charge in [-0.1, -0.05) is 12.1 Å². The van der Waals surface area contributed by atoms with Crippen molar-refractivity contribution in [3.63, 3.8) is 0 Å². The molecule has 1 aliphatic rings. The molecule has 6 nitrogen and oxygen atoms in total. The van der Waals surface area contributed by atoms with Gasteiger partial charge in [-0.3, -0.25) is 9.48 Å². The number of hydrogen-bond acceptors (Lipinski definition) is 4. The Hall–Kier alpha value is -2.80. The molecule has 0 radical (unpaired) electrons. The fraction of sp³-hybridized carbons (Fsp3) is 0.200. The lowest BCUT2D eigenvalue weighted by molar-refractivity contribution is 0.102. The summed E-state index contributed by atoms with van der Waals surface area (Å²) in [5.41, 5.74) is 5.08. The molecular weight excluding hydrogens is 410 g/mol. The molecule has 1 aromatic heterocycles. The second-order valence-electron chi connectivity index (χ2n) is 6.27. The number of ether oxygens (including phenoxy) is 2. The molecule has 3 aromatic rings. The number of rotatable bonds is 4. The van der Waals surface area contributed by atoms with E-state index in [0.717, 1.165) is 26.9 Å². The van der Waals surface area contributed by atoms with E-state index in [1.54, 1.807) is 18.9 Å². The quantitative estimate of drug-likeness (QED) is 0.533. The van der Waals surface area contributed by atoms with Gasteiger partial charge >= 0.3 is 0 Å². The minimum atomic E-state index is -0.231. The lowest BCUT2D eigenvalue weighted by Crippen LogP contribution is -2.15. The molecule has 4 rings (SSSR count). The third-order valence-corrected chi connectivity index (χ3v) is 5.41. The maximum absolute atomic E-state index is 12.9. The second kappa shape index (κ2) is 6.74. The number of nitrogens with one attached hydrogen (secondary N) is 1. The molecule has 0 bridgehead atoms. The number of fused-ring (bicyclic) bond motifs is 3. The van der Waals surface area contributed by atoms with Gasteiger partial charge < -0.3 is 14.8 Å². The molecule has 138 valence electrons. The minimum Gasteiger partial charge on any atom is -0.493 e. The summed E-state index contributed by atoms with van der Waals surface area (Å²) in [6.45, 7) is 0. The molecular formula is C20H18BrN3O3. The molecule has 0 saturated heterocycles. The van der Waals surface area contributed by atoms with Gasteiger partial charge in [0, 0.05) is 29.1 Å². The summed E-state index contributed by atoms with van der Waals surface area (Å²) in [6, 6.07) is 11.4. The highest BCUT2D eigenvalue weighted by molar-refractivity contribution is 9.10. The van der Waals surface area contributed by atoms with Crippen molar-refractivity contribution in [3.8, 4) is 22.8 Å². The van der Waals surface area contributed by atoms with Crippen LogP contribution in [0.25, 0.3) is 11.3 Å². The number of anilines is 1. The first-order valence-corrected chi connectivity index (χ1v) is 9.19. The van der Waals surface area contributed by atoms with Crippen molar-refractivity contribution in [1.82, 2.24) is 9.78 Å². The molecule has 1 aliphatic carbocycles. The third-order valence-electron chi connectivity index (χ3n) is 4.71. The summed E-state index contributed by atoms with van der Waals surface area (Å²) in [4.78, 5) is 12.9. The summed E-state index contributed by atoms with van der Waals surface area (Å²) in [5, 5.41) is 7.40. The highest BCUT2D eigenvalue weighted by Gasteiger charge is 2.31. The van der Waals surface area contributed by atoms with Crippen LogP contribution in [0.1, 0.15) is 21.6 Å². The van der Waals surface area contributed by atoms with Gasteiger partial charge in [-0.05, 0) is 45.8 Å². The predicted octanol–water partition coefficient (Wildman–Crippen LogP) is 4.02. The Kier molecular flexibility index (Phi) is 4.39. The van der Waals surface area contributed by atoms with E-state index in [4.69, 9.17) is 9.47 Å². The van der Waals surface area contributed by atoms with E-state index < -0.39 is 0 Å². The third kappa shape index (κ3) is 2.88. The Morgan fingerprint density at radius 3 is 2.59 bits per heavy atom. The number of para-hydroxylation sites is 1. The number of methoxy groups -OCH3 is 2. The van der Waals surface area contributed by atoms with Crippen LogP contribution < -0.4 is 14.8 Å². The Bertz CT molecular complexity index is 1060. The van der Waals surface area contributed by atoms with Crippen LogP contribution in [-0.2, 0) is 13.5 Å². The van der Waals surface area contributed by atoms with Crippen LogP contribution in [0.4, 0.5) is 5.69 Å². The van der Waals surface area contributed by atoms with E-state index in [-0.39, 0.29) is 5.91 Å². The van der Waals surface area contributed by atoms with Crippen LogP contribution in [0.3, 0.4) is 0 Å². The van der Waals surface area contributed by atoms with Crippen molar-refractivity contribution >= 4 is 27.5 Å². The van der Waals surface area contributed by atoms with Gasteiger partial charge in [0.15, 0.2) is 17.2 Å². The number of nitrogens with zero attached hydrogens (tertiary/aromatic N) is 2. The van der Waals surface area contributed by atoms with Crippen LogP contribution in [0, 0.1) is 0 Å². The van der Waals surface area contributed by atoms with E-state index in [9.17, 15) is 4.79 Å². The molecule has 1 heterocycles. The topological polar surface area (TPSA) is 65.4 Å². The highest BCUT2D eigenvalue weighted by atomic mass is 79.9. The summed E-state index contributed by atoms with van der Waals surface area (Å²) in [7, 11) is 5.07. The Labute approximate surface area is 165 Å². The van der Waals surface area contributed by atoms with Crippen molar-refractivity contribution in [3.05, 3.63) is 57.7 Å². The Morgan fingerprint density at radius 2 is 1.89 bits per heavy atom. The molecule has 0 aliphatic heterocycles. The van der Waals surface area contributed by atoms with Crippen LogP contribution in [0.2, 0.25) is 0 Å². The van der Waals surface area contributed by atoms with Crippen molar-refractivity contribution in [2.24, 2.45) is 7.05 Å².